The predicted molar refractivity (Wildman–Crippen MR) is 90.1 cm³/mol. The number of nitrogens with zero attached hydrogens (tertiary/aromatic N) is 4. The number of carbonyl (C=O) groups excluding carboxylic acids is 1. The molecule has 25 heavy (non-hydrogen) atoms. The van der Waals surface area contributed by atoms with E-state index in [4.69, 9.17) is 8.94 Å². The smallest absolute Gasteiger partial charge is 0.259 e. The third-order valence-electron chi connectivity index (χ3n) is 4.12. The van der Waals surface area contributed by atoms with Crippen molar-refractivity contribution in [1.82, 2.24) is 19.9 Å². The van der Waals surface area contributed by atoms with Gasteiger partial charge in [-0.15, -0.1) is 0 Å². The summed E-state index contributed by atoms with van der Waals surface area (Å²) >= 11 is 0. The van der Waals surface area contributed by atoms with Crippen molar-refractivity contribution in [2.75, 3.05) is 5.32 Å². The molecular weight excluding hydrogens is 322 g/mol. The zero-order valence-corrected chi connectivity index (χ0v) is 13.9. The molecule has 0 aliphatic carbocycles. The fraction of sp³-hybridized carbons (Fsp3) is 0.176. The molecule has 8 heteroatoms. The van der Waals surface area contributed by atoms with Crippen LogP contribution in [-0.4, -0.2) is 25.8 Å². The average molecular weight is 337 g/mol. The maximum atomic E-state index is 12.9. The summed E-state index contributed by atoms with van der Waals surface area (Å²) in [5.74, 6) is 0.255. The maximum absolute atomic E-state index is 12.9. The van der Waals surface area contributed by atoms with Gasteiger partial charge in [0.15, 0.2) is 5.76 Å². The van der Waals surface area contributed by atoms with Gasteiger partial charge in [-0.05, 0) is 32.0 Å². The van der Waals surface area contributed by atoms with Crippen molar-refractivity contribution in [3.8, 4) is 11.5 Å². The Morgan fingerprint density at radius 1 is 1.32 bits per heavy atom. The van der Waals surface area contributed by atoms with Crippen LogP contribution in [-0.2, 0) is 7.05 Å². The molecule has 0 fully saturated rings. The topological polar surface area (TPSA) is 99.0 Å². The normalized spacial score (nSPS) is 11.2. The van der Waals surface area contributed by atoms with Gasteiger partial charge < -0.3 is 14.3 Å². The van der Waals surface area contributed by atoms with Crippen molar-refractivity contribution in [2.45, 2.75) is 13.8 Å². The van der Waals surface area contributed by atoms with Crippen LogP contribution in [0.3, 0.4) is 0 Å². The van der Waals surface area contributed by atoms with Crippen molar-refractivity contribution >= 4 is 22.7 Å². The molecular formula is C17H15N5O3. The maximum Gasteiger partial charge on any atom is 0.259 e. The Morgan fingerprint density at radius 2 is 2.16 bits per heavy atom. The first-order chi connectivity index (χ1) is 12.0. The van der Waals surface area contributed by atoms with E-state index in [1.807, 2.05) is 14.0 Å². The summed E-state index contributed by atoms with van der Waals surface area (Å²) < 4.78 is 12.3. The number of furan rings is 1. The van der Waals surface area contributed by atoms with Crippen LogP contribution < -0.4 is 5.32 Å². The number of hydrogen-bond donors (Lipinski definition) is 1. The van der Waals surface area contributed by atoms with E-state index in [9.17, 15) is 4.79 Å². The van der Waals surface area contributed by atoms with Gasteiger partial charge in [-0.1, -0.05) is 5.16 Å². The van der Waals surface area contributed by atoms with Crippen molar-refractivity contribution in [3.05, 3.63) is 47.6 Å². The van der Waals surface area contributed by atoms with Gasteiger partial charge in [0.1, 0.15) is 5.69 Å². The predicted octanol–water partition coefficient (Wildman–Crippen LogP) is 3.09. The monoisotopic (exact) mass is 337 g/mol. The summed E-state index contributed by atoms with van der Waals surface area (Å²) in [6.45, 7) is 3.65. The second-order valence-corrected chi connectivity index (χ2v) is 5.70. The van der Waals surface area contributed by atoms with E-state index in [1.54, 1.807) is 42.3 Å². The summed E-state index contributed by atoms with van der Waals surface area (Å²) in [5.41, 5.74) is 3.30. The van der Waals surface area contributed by atoms with E-state index in [1.165, 1.54) is 0 Å². The van der Waals surface area contributed by atoms with Gasteiger partial charge in [0.2, 0.25) is 0 Å². The van der Waals surface area contributed by atoms with Crippen LogP contribution in [0.15, 0.2) is 39.6 Å². The fourth-order valence-electron chi connectivity index (χ4n) is 2.64. The highest BCUT2D eigenvalue weighted by Gasteiger charge is 2.21. The molecule has 4 rings (SSSR count). The Hall–Kier alpha value is -3.42. The highest BCUT2D eigenvalue weighted by atomic mass is 16.5. The van der Waals surface area contributed by atoms with Crippen molar-refractivity contribution in [2.24, 2.45) is 7.05 Å². The number of nitrogens with one attached hydrogen (secondary N) is 1. The molecule has 0 bridgehead atoms. The summed E-state index contributed by atoms with van der Waals surface area (Å²) in [6.07, 6.45) is 3.16. The molecule has 0 aromatic carbocycles. The number of carbonyl (C=O) groups is 1. The van der Waals surface area contributed by atoms with Crippen LogP contribution in [0, 0.1) is 13.8 Å². The Kier molecular flexibility index (Phi) is 3.38. The van der Waals surface area contributed by atoms with E-state index in [0.29, 0.717) is 39.5 Å². The second kappa shape index (κ2) is 5.59. The third kappa shape index (κ3) is 2.47. The Labute approximate surface area is 142 Å². The van der Waals surface area contributed by atoms with Gasteiger partial charge in [0.05, 0.1) is 40.5 Å². The number of fused-ring (bicyclic) bond motifs is 1. The minimum absolute atomic E-state index is 0.289. The lowest BCUT2D eigenvalue weighted by Crippen LogP contribution is -2.13. The van der Waals surface area contributed by atoms with Gasteiger partial charge in [-0.25, -0.2) is 4.98 Å². The van der Waals surface area contributed by atoms with Gasteiger partial charge in [0, 0.05) is 7.05 Å². The number of amides is 1. The molecule has 126 valence electrons. The number of rotatable bonds is 3. The van der Waals surface area contributed by atoms with Crippen molar-refractivity contribution < 1.29 is 13.7 Å². The summed E-state index contributed by atoms with van der Waals surface area (Å²) in [4.78, 5) is 17.3. The molecule has 0 aliphatic rings. The van der Waals surface area contributed by atoms with Crippen LogP contribution in [0.4, 0.5) is 5.69 Å². The molecule has 0 unspecified atom stereocenters. The lowest BCUT2D eigenvalue weighted by molar-refractivity contribution is 0.102. The molecule has 1 N–H and O–H groups in total. The SMILES string of the molecule is Cc1noc2nc(-c3ccco3)cc(C(=O)Nc3cnn(C)c3C)c12. The number of hydrogen-bond acceptors (Lipinski definition) is 6. The standard InChI is InChI=1S/C17H15N5O3/c1-9-15-11(16(23)19-13-8-18-22(3)10(13)2)7-12(14-5-4-6-24-14)20-17(15)25-21-9/h4-8H,1-3H3,(H,19,23). The summed E-state index contributed by atoms with van der Waals surface area (Å²) in [5, 5.41) is 11.5. The molecule has 4 heterocycles. The second-order valence-electron chi connectivity index (χ2n) is 5.70. The van der Waals surface area contributed by atoms with Crippen molar-refractivity contribution in [3.63, 3.8) is 0 Å². The number of aromatic nitrogens is 4. The van der Waals surface area contributed by atoms with Crippen LogP contribution in [0.5, 0.6) is 0 Å². The van der Waals surface area contributed by atoms with Gasteiger partial charge in [-0.3, -0.25) is 9.48 Å². The Morgan fingerprint density at radius 3 is 2.84 bits per heavy atom. The molecule has 1 amide bonds. The lowest BCUT2D eigenvalue weighted by Gasteiger charge is -2.07. The first kappa shape index (κ1) is 15.1. The number of anilines is 1. The molecule has 0 spiro atoms. The minimum atomic E-state index is -0.289. The zero-order chi connectivity index (χ0) is 17.6. The van der Waals surface area contributed by atoms with E-state index in [0.717, 1.165) is 5.69 Å². The highest BCUT2D eigenvalue weighted by Crippen LogP contribution is 2.28. The quantitative estimate of drug-likeness (QED) is 0.617. The Bertz CT molecular complexity index is 1080. The minimum Gasteiger partial charge on any atom is -0.463 e. The van der Waals surface area contributed by atoms with Crippen LogP contribution in [0.1, 0.15) is 21.7 Å². The van der Waals surface area contributed by atoms with Crippen molar-refractivity contribution in [1.29, 1.82) is 0 Å². The molecule has 0 saturated heterocycles. The lowest BCUT2D eigenvalue weighted by atomic mass is 10.1. The molecule has 0 radical (unpaired) electrons. The van der Waals surface area contributed by atoms with E-state index in [2.05, 4.69) is 20.6 Å². The average Bonchev–Trinajstić information content (AvgIpc) is 3.32. The number of pyridine rings is 1. The summed E-state index contributed by atoms with van der Waals surface area (Å²) in [6, 6.07) is 5.20. The van der Waals surface area contributed by atoms with Gasteiger partial charge in [0.25, 0.3) is 11.6 Å². The van der Waals surface area contributed by atoms with Crippen LogP contribution in [0.25, 0.3) is 22.6 Å². The molecule has 0 saturated carbocycles. The van der Waals surface area contributed by atoms with Gasteiger partial charge in [-0.2, -0.15) is 5.10 Å². The largest absolute Gasteiger partial charge is 0.463 e. The number of aryl methyl sites for hydroxylation is 2. The van der Waals surface area contributed by atoms with Crippen LogP contribution in [0.2, 0.25) is 0 Å². The zero-order valence-electron chi connectivity index (χ0n) is 13.9. The first-order valence-corrected chi connectivity index (χ1v) is 7.65. The third-order valence-corrected chi connectivity index (χ3v) is 4.12. The fourth-order valence-corrected chi connectivity index (χ4v) is 2.64. The molecule has 4 aromatic rings. The van der Waals surface area contributed by atoms with Crippen LogP contribution >= 0.6 is 0 Å². The summed E-state index contributed by atoms with van der Waals surface area (Å²) in [7, 11) is 1.81. The van der Waals surface area contributed by atoms with Gasteiger partial charge >= 0.3 is 0 Å². The van der Waals surface area contributed by atoms with E-state index >= 15 is 0 Å². The molecule has 4 aromatic heterocycles. The Balaban J connectivity index is 1.83. The molecule has 8 nitrogen and oxygen atoms in total. The first-order valence-electron chi connectivity index (χ1n) is 7.65. The highest BCUT2D eigenvalue weighted by molar-refractivity contribution is 6.13. The van der Waals surface area contributed by atoms with E-state index < -0.39 is 0 Å². The molecule has 0 atom stereocenters. The molecule has 0 aliphatic heterocycles. The van der Waals surface area contributed by atoms with E-state index in [-0.39, 0.29) is 5.91 Å².